The standard InChI is InChI=1S/C18H18N2O2/c21-13-14-5-1-2-6-15(14)16-7-3-4-8-17(16)18(22)20-11-9-19-10-12-20/h1-8,13,19H,9-12H2. The van der Waals surface area contributed by atoms with Crippen molar-refractivity contribution in [2.75, 3.05) is 26.2 Å². The molecular weight excluding hydrogens is 276 g/mol. The van der Waals surface area contributed by atoms with E-state index in [9.17, 15) is 9.59 Å². The van der Waals surface area contributed by atoms with E-state index >= 15 is 0 Å². The largest absolute Gasteiger partial charge is 0.336 e. The molecule has 1 heterocycles. The van der Waals surface area contributed by atoms with Crippen molar-refractivity contribution in [3.05, 3.63) is 59.7 Å². The van der Waals surface area contributed by atoms with Gasteiger partial charge in [0.2, 0.25) is 0 Å². The molecule has 0 aliphatic carbocycles. The molecule has 1 amide bonds. The zero-order chi connectivity index (χ0) is 15.4. The molecule has 1 N–H and O–H groups in total. The highest BCUT2D eigenvalue weighted by atomic mass is 16.2. The molecule has 0 saturated carbocycles. The summed E-state index contributed by atoms with van der Waals surface area (Å²) >= 11 is 0. The summed E-state index contributed by atoms with van der Waals surface area (Å²) in [6.45, 7) is 3.06. The molecule has 3 rings (SSSR count). The van der Waals surface area contributed by atoms with Gasteiger partial charge in [0.1, 0.15) is 0 Å². The lowest BCUT2D eigenvalue weighted by molar-refractivity contribution is 0.0736. The normalized spacial score (nSPS) is 14.6. The van der Waals surface area contributed by atoms with Gasteiger partial charge in [-0.3, -0.25) is 9.59 Å². The molecule has 4 heteroatoms. The summed E-state index contributed by atoms with van der Waals surface area (Å²) in [5, 5.41) is 3.25. The Kier molecular flexibility index (Phi) is 4.30. The highest BCUT2D eigenvalue weighted by Gasteiger charge is 2.21. The Balaban J connectivity index is 2.03. The molecule has 0 radical (unpaired) electrons. The quantitative estimate of drug-likeness (QED) is 0.883. The number of hydrogen-bond donors (Lipinski definition) is 1. The van der Waals surface area contributed by atoms with Crippen LogP contribution in [0.25, 0.3) is 11.1 Å². The Morgan fingerprint density at radius 1 is 0.955 bits per heavy atom. The van der Waals surface area contributed by atoms with Crippen molar-refractivity contribution < 1.29 is 9.59 Å². The Bertz CT molecular complexity index is 691. The second-order valence-corrected chi connectivity index (χ2v) is 5.29. The van der Waals surface area contributed by atoms with Crippen molar-refractivity contribution in [1.29, 1.82) is 0 Å². The first-order valence-electron chi connectivity index (χ1n) is 7.45. The first-order chi connectivity index (χ1) is 10.8. The summed E-state index contributed by atoms with van der Waals surface area (Å²) in [5.74, 6) is 0.0257. The molecule has 0 bridgehead atoms. The molecule has 1 aliphatic heterocycles. The number of nitrogens with zero attached hydrogens (tertiary/aromatic N) is 1. The Labute approximate surface area is 129 Å². The number of benzene rings is 2. The monoisotopic (exact) mass is 294 g/mol. The fraction of sp³-hybridized carbons (Fsp3) is 0.222. The molecule has 1 fully saturated rings. The fourth-order valence-electron chi connectivity index (χ4n) is 2.79. The van der Waals surface area contributed by atoms with E-state index in [0.717, 1.165) is 30.5 Å². The van der Waals surface area contributed by atoms with Gasteiger partial charge in [-0.25, -0.2) is 0 Å². The predicted octanol–water partition coefficient (Wildman–Crippen LogP) is 2.21. The maximum absolute atomic E-state index is 12.8. The molecule has 4 nitrogen and oxygen atoms in total. The minimum Gasteiger partial charge on any atom is -0.336 e. The van der Waals surface area contributed by atoms with Crippen LogP contribution in [-0.2, 0) is 0 Å². The third kappa shape index (κ3) is 2.78. The van der Waals surface area contributed by atoms with E-state index in [1.807, 2.05) is 47.4 Å². The number of carbonyl (C=O) groups is 2. The Morgan fingerprint density at radius 3 is 2.32 bits per heavy atom. The molecule has 1 saturated heterocycles. The SMILES string of the molecule is O=Cc1ccccc1-c1ccccc1C(=O)N1CCNCC1. The van der Waals surface area contributed by atoms with Crippen molar-refractivity contribution >= 4 is 12.2 Å². The summed E-state index contributed by atoms with van der Waals surface area (Å²) in [6, 6.07) is 14.9. The topological polar surface area (TPSA) is 49.4 Å². The van der Waals surface area contributed by atoms with Gasteiger partial charge in [-0.05, 0) is 17.2 Å². The van der Waals surface area contributed by atoms with Crippen LogP contribution in [0.15, 0.2) is 48.5 Å². The number of rotatable bonds is 3. The first kappa shape index (κ1) is 14.5. The van der Waals surface area contributed by atoms with Crippen LogP contribution in [0.3, 0.4) is 0 Å². The third-order valence-electron chi connectivity index (χ3n) is 3.94. The van der Waals surface area contributed by atoms with Gasteiger partial charge in [-0.2, -0.15) is 0 Å². The molecule has 0 unspecified atom stereocenters. The van der Waals surface area contributed by atoms with Gasteiger partial charge >= 0.3 is 0 Å². The highest BCUT2D eigenvalue weighted by Crippen LogP contribution is 2.27. The lowest BCUT2D eigenvalue weighted by Crippen LogP contribution is -2.46. The third-order valence-corrected chi connectivity index (χ3v) is 3.94. The van der Waals surface area contributed by atoms with Gasteiger partial charge in [0, 0.05) is 37.3 Å². The lowest BCUT2D eigenvalue weighted by Gasteiger charge is -2.28. The number of piperazine rings is 1. The zero-order valence-electron chi connectivity index (χ0n) is 12.3. The van der Waals surface area contributed by atoms with Gasteiger partial charge in [-0.15, -0.1) is 0 Å². The minimum absolute atomic E-state index is 0.0257. The molecule has 22 heavy (non-hydrogen) atoms. The molecule has 112 valence electrons. The van der Waals surface area contributed by atoms with E-state index in [0.29, 0.717) is 24.2 Å². The van der Waals surface area contributed by atoms with Crippen molar-refractivity contribution in [1.82, 2.24) is 10.2 Å². The van der Waals surface area contributed by atoms with Crippen LogP contribution in [0.2, 0.25) is 0 Å². The van der Waals surface area contributed by atoms with Crippen LogP contribution in [0.5, 0.6) is 0 Å². The lowest BCUT2D eigenvalue weighted by atomic mass is 9.95. The number of nitrogens with one attached hydrogen (secondary N) is 1. The molecule has 0 aromatic heterocycles. The van der Waals surface area contributed by atoms with Crippen molar-refractivity contribution in [3.8, 4) is 11.1 Å². The smallest absolute Gasteiger partial charge is 0.254 e. The van der Waals surface area contributed by atoms with E-state index in [1.54, 1.807) is 6.07 Å². The van der Waals surface area contributed by atoms with Crippen LogP contribution in [0, 0.1) is 0 Å². The molecule has 1 aliphatic rings. The van der Waals surface area contributed by atoms with Crippen LogP contribution < -0.4 is 5.32 Å². The highest BCUT2D eigenvalue weighted by molar-refractivity contribution is 6.03. The predicted molar refractivity (Wildman–Crippen MR) is 86.0 cm³/mol. The molecular formula is C18H18N2O2. The summed E-state index contributed by atoms with van der Waals surface area (Å²) in [4.78, 5) is 25.9. The summed E-state index contributed by atoms with van der Waals surface area (Å²) < 4.78 is 0. The summed E-state index contributed by atoms with van der Waals surface area (Å²) in [6.07, 6.45) is 0.835. The van der Waals surface area contributed by atoms with Crippen LogP contribution in [0.4, 0.5) is 0 Å². The summed E-state index contributed by atoms with van der Waals surface area (Å²) in [7, 11) is 0. The first-order valence-corrected chi connectivity index (χ1v) is 7.45. The van der Waals surface area contributed by atoms with Crippen LogP contribution >= 0.6 is 0 Å². The number of carbonyl (C=O) groups excluding carboxylic acids is 2. The molecule has 2 aromatic carbocycles. The summed E-state index contributed by atoms with van der Waals surface area (Å²) in [5.41, 5.74) is 2.87. The van der Waals surface area contributed by atoms with Gasteiger partial charge in [0.15, 0.2) is 6.29 Å². The second kappa shape index (κ2) is 6.54. The molecule has 2 aromatic rings. The maximum atomic E-state index is 12.8. The van der Waals surface area contributed by atoms with Gasteiger partial charge in [0.25, 0.3) is 5.91 Å². The average molecular weight is 294 g/mol. The van der Waals surface area contributed by atoms with Crippen molar-refractivity contribution in [2.24, 2.45) is 0 Å². The number of aldehydes is 1. The minimum atomic E-state index is 0.0257. The molecule has 0 atom stereocenters. The van der Waals surface area contributed by atoms with E-state index in [4.69, 9.17) is 0 Å². The van der Waals surface area contributed by atoms with E-state index in [1.165, 1.54) is 0 Å². The zero-order valence-corrected chi connectivity index (χ0v) is 12.3. The number of amides is 1. The van der Waals surface area contributed by atoms with E-state index in [-0.39, 0.29) is 5.91 Å². The Morgan fingerprint density at radius 2 is 1.59 bits per heavy atom. The number of hydrogen-bond acceptors (Lipinski definition) is 3. The second-order valence-electron chi connectivity index (χ2n) is 5.29. The van der Waals surface area contributed by atoms with Crippen molar-refractivity contribution in [3.63, 3.8) is 0 Å². The fourth-order valence-corrected chi connectivity index (χ4v) is 2.79. The Hall–Kier alpha value is -2.46. The van der Waals surface area contributed by atoms with Crippen LogP contribution in [0.1, 0.15) is 20.7 Å². The van der Waals surface area contributed by atoms with Crippen molar-refractivity contribution in [2.45, 2.75) is 0 Å². The van der Waals surface area contributed by atoms with E-state index < -0.39 is 0 Å². The average Bonchev–Trinajstić information content (AvgIpc) is 2.62. The van der Waals surface area contributed by atoms with E-state index in [2.05, 4.69) is 5.32 Å². The van der Waals surface area contributed by atoms with Gasteiger partial charge in [0.05, 0.1) is 0 Å². The van der Waals surface area contributed by atoms with Gasteiger partial charge in [-0.1, -0.05) is 42.5 Å². The van der Waals surface area contributed by atoms with Gasteiger partial charge < -0.3 is 10.2 Å². The maximum Gasteiger partial charge on any atom is 0.254 e. The molecule has 0 spiro atoms. The van der Waals surface area contributed by atoms with Crippen LogP contribution in [-0.4, -0.2) is 43.3 Å².